The van der Waals surface area contributed by atoms with Crippen LogP contribution in [0.15, 0.2) is 22.7 Å². The van der Waals surface area contributed by atoms with E-state index in [1.807, 2.05) is 0 Å². The number of carbonyl (C=O) groups is 2. The zero-order chi connectivity index (χ0) is 14.4. The quantitative estimate of drug-likeness (QED) is 0.870. The van der Waals surface area contributed by atoms with Crippen molar-refractivity contribution in [2.24, 2.45) is 0 Å². The molecule has 0 atom stereocenters. The van der Waals surface area contributed by atoms with Crippen LogP contribution in [0.5, 0.6) is 0 Å². The van der Waals surface area contributed by atoms with Gasteiger partial charge in [0.2, 0.25) is 0 Å². The lowest BCUT2D eigenvalue weighted by atomic mass is 10.3. The van der Waals surface area contributed by atoms with Gasteiger partial charge in [0.25, 0.3) is 0 Å². The molecule has 19 heavy (non-hydrogen) atoms. The average molecular weight is 333 g/mol. The van der Waals surface area contributed by atoms with Crippen LogP contribution in [0.25, 0.3) is 0 Å². The molecule has 0 spiro atoms. The molecular weight excluding hydrogens is 319 g/mol. The lowest BCUT2D eigenvalue weighted by Crippen LogP contribution is -2.36. The second-order valence-electron chi connectivity index (χ2n) is 3.78. The Morgan fingerprint density at radius 1 is 1.47 bits per heavy atom. The van der Waals surface area contributed by atoms with Gasteiger partial charge in [-0.1, -0.05) is 0 Å². The van der Waals surface area contributed by atoms with Gasteiger partial charge in [-0.15, -0.1) is 0 Å². The number of nitrogens with zero attached hydrogens (tertiary/aromatic N) is 1. The lowest BCUT2D eigenvalue weighted by Gasteiger charge is -2.20. The molecule has 0 aliphatic carbocycles. The molecule has 0 aromatic heterocycles. The summed E-state index contributed by atoms with van der Waals surface area (Å²) in [7, 11) is 0. The van der Waals surface area contributed by atoms with Crippen molar-refractivity contribution in [1.82, 2.24) is 4.90 Å². The molecule has 0 saturated carbocycles. The Labute approximate surface area is 118 Å². The Hall–Kier alpha value is -1.63. The number of benzene rings is 1. The van der Waals surface area contributed by atoms with E-state index in [2.05, 4.69) is 21.2 Å². The van der Waals surface area contributed by atoms with Crippen LogP contribution in [0.3, 0.4) is 0 Å². The number of anilines is 1. The number of carboxylic acids is 1. The predicted molar refractivity (Wildman–Crippen MR) is 72.6 cm³/mol. The zero-order valence-corrected chi connectivity index (χ0v) is 11.9. The molecule has 1 rings (SSSR count). The SMILES string of the molecule is CCN(CCC(=O)O)C(=O)Nc1ccc(F)cc1Br. The topological polar surface area (TPSA) is 69.6 Å². The summed E-state index contributed by atoms with van der Waals surface area (Å²) in [5, 5.41) is 11.2. The summed E-state index contributed by atoms with van der Waals surface area (Å²) in [6, 6.07) is 3.48. The lowest BCUT2D eigenvalue weighted by molar-refractivity contribution is -0.137. The van der Waals surface area contributed by atoms with Gasteiger partial charge in [-0.3, -0.25) is 4.79 Å². The minimum atomic E-state index is -0.964. The van der Waals surface area contributed by atoms with Crippen molar-refractivity contribution in [1.29, 1.82) is 0 Å². The van der Waals surface area contributed by atoms with Crippen LogP contribution in [-0.2, 0) is 4.79 Å². The molecule has 1 aromatic rings. The van der Waals surface area contributed by atoms with E-state index < -0.39 is 17.8 Å². The molecule has 0 radical (unpaired) electrons. The highest BCUT2D eigenvalue weighted by atomic mass is 79.9. The van der Waals surface area contributed by atoms with Gasteiger partial charge in [0.15, 0.2) is 0 Å². The number of amides is 2. The van der Waals surface area contributed by atoms with E-state index in [-0.39, 0.29) is 13.0 Å². The summed E-state index contributed by atoms with van der Waals surface area (Å²) in [5.74, 6) is -1.38. The smallest absolute Gasteiger partial charge is 0.321 e. The molecule has 0 aliphatic heterocycles. The van der Waals surface area contributed by atoms with Crippen molar-refractivity contribution in [2.75, 3.05) is 18.4 Å². The third kappa shape index (κ3) is 4.86. The average Bonchev–Trinajstić information content (AvgIpc) is 2.33. The molecule has 2 amide bonds. The second kappa shape index (κ2) is 7.08. The van der Waals surface area contributed by atoms with Crippen LogP contribution in [0.4, 0.5) is 14.9 Å². The molecule has 0 bridgehead atoms. The van der Waals surface area contributed by atoms with Gasteiger partial charge in [-0.2, -0.15) is 0 Å². The van der Waals surface area contributed by atoms with Crippen molar-refractivity contribution >= 4 is 33.6 Å². The molecule has 7 heteroatoms. The Morgan fingerprint density at radius 2 is 2.16 bits per heavy atom. The van der Waals surface area contributed by atoms with E-state index in [4.69, 9.17) is 5.11 Å². The summed E-state index contributed by atoms with van der Waals surface area (Å²) in [6.07, 6.45) is -0.119. The number of hydrogen-bond acceptors (Lipinski definition) is 2. The first kappa shape index (κ1) is 15.4. The van der Waals surface area contributed by atoms with E-state index in [1.165, 1.54) is 23.1 Å². The van der Waals surface area contributed by atoms with Crippen LogP contribution < -0.4 is 5.32 Å². The minimum Gasteiger partial charge on any atom is -0.481 e. The Kier molecular flexibility index (Phi) is 5.75. The highest BCUT2D eigenvalue weighted by Gasteiger charge is 2.14. The highest BCUT2D eigenvalue weighted by molar-refractivity contribution is 9.10. The number of hydrogen-bond donors (Lipinski definition) is 2. The van der Waals surface area contributed by atoms with Crippen LogP contribution in [0, 0.1) is 5.82 Å². The number of carboxylic acid groups (broad SMARTS) is 1. The molecule has 0 unspecified atom stereocenters. The van der Waals surface area contributed by atoms with Gasteiger partial charge in [0, 0.05) is 17.6 Å². The first-order valence-electron chi connectivity index (χ1n) is 5.66. The molecule has 0 aliphatic rings. The van der Waals surface area contributed by atoms with E-state index in [0.29, 0.717) is 16.7 Å². The predicted octanol–water partition coefficient (Wildman–Crippen LogP) is 2.92. The monoisotopic (exact) mass is 332 g/mol. The number of aliphatic carboxylic acids is 1. The highest BCUT2D eigenvalue weighted by Crippen LogP contribution is 2.23. The molecule has 0 heterocycles. The van der Waals surface area contributed by atoms with E-state index in [0.717, 1.165) is 0 Å². The summed E-state index contributed by atoms with van der Waals surface area (Å²) in [4.78, 5) is 23.8. The van der Waals surface area contributed by atoms with Crippen LogP contribution in [0.1, 0.15) is 13.3 Å². The summed E-state index contributed by atoms with van der Waals surface area (Å²) in [5.41, 5.74) is 0.431. The van der Waals surface area contributed by atoms with E-state index in [9.17, 15) is 14.0 Å². The van der Waals surface area contributed by atoms with E-state index in [1.54, 1.807) is 6.92 Å². The molecule has 104 valence electrons. The maximum absolute atomic E-state index is 12.9. The van der Waals surface area contributed by atoms with Gasteiger partial charge in [0.05, 0.1) is 12.1 Å². The largest absolute Gasteiger partial charge is 0.481 e. The first-order valence-corrected chi connectivity index (χ1v) is 6.46. The number of carbonyl (C=O) groups excluding carboxylic acids is 1. The van der Waals surface area contributed by atoms with Gasteiger partial charge in [-0.25, -0.2) is 9.18 Å². The third-order valence-corrected chi connectivity index (χ3v) is 3.09. The van der Waals surface area contributed by atoms with Gasteiger partial charge < -0.3 is 15.3 Å². The Bertz CT molecular complexity index is 482. The molecule has 5 nitrogen and oxygen atoms in total. The third-order valence-electron chi connectivity index (χ3n) is 2.44. The molecule has 0 fully saturated rings. The zero-order valence-electron chi connectivity index (χ0n) is 10.3. The fraction of sp³-hybridized carbons (Fsp3) is 0.333. The summed E-state index contributed by atoms with van der Waals surface area (Å²) in [6.45, 7) is 2.26. The standard InChI is InChI=1S/C12H14BrFN2O3/c1-2-16(6-5-11(17)18)12(19)15-10-4-3-8(14)7-9(10)13/h3-4,7H,2,5-6H2,1H3,(H,15,19)(H,17,18). The fourth-order valence-electron chi connectivity index (χ4n) is 1.42. The number of urea groups is 1. The fourth-order valence-corrected chi connectivity index (χ4v) is 1.87. The normalized spacial score (nSPS) is 10.1. The number of halogens is 2. The maximum Gasteiger partial charge on any atom is 0.321 e. The minimum absolute atomic E-state index is 0.119. The van der Waals surface area contributed by atoms with Crippen molar-refractivity contribution in [3.63, 3.8) is 0 Å². The molecular formula is C12H14BrFN2O3. The maximum atomic E-state index is 12.9. The van der Waals surface area contributed by atoms with Gasteiger partial charge in [-0.05, 0) is 41.1 Å². The molecule has 2 N–H and O–H groups in total. The van der Waals surface area contributed by atoms with Crippen molar-refractivity contribution in [2.45, 2.75) is 13.3 Å². The van der Waals surface area contributed by atoms with Crippen molar-refractivity contribution < 1.29 is 19.1 Å². The number of nitrogens with one attached hydrogen (secondary N) is 1. The van der Waals surface area contributed by atoms with Crippen molar-refractivity contribution in [3.05, 3.63) is 28.5 Å². The summed E-state index contributed by atoms with van der Waals surface area (Å²) >= 11 is 3.14. The van der Waals surface area contributed by atoms with Gasteiger partial charge >= 0.3 is 12.0 Å². The molecule has 1 aromatic carbocycles. The first-order chi connectivity index (χ1) is 8.93. The summed E-state index contributed by atoms with van der Waals surface area (Å²) < 4.78 is 13.3. The van der Waals surface area contributed by atoms with Crippen LogP contribution in [-0.4, -0.2) is 35.1 Å². The van der Waals surface area contributed by atoms with Crippen LogP contribution >= 0.6 is 15.9 Å². The van der Waals surface area contributed by atoms with E-state index >= 15 is 0 Å². The Balaban J connectivity index is 2.68. The second-order valence-corrected chi connectivity index (χ2v) is 4.63. The van der Waals surface area contributed by atoms with Crippen molar-refractivity contribution in [3.8, 4) is 0 Å². The molecule has 0 saturated heterocycles. The Morgan fingerprint density at radius 3 is 2.68 bits per heavy atom. The van der Waals surface area contributed by atoms with Crippen LogP contribution in [0.2, 0.25) is 0 Å². The number of rotatable bonds is 5. The van der Waals surface area contributed by atoms with Gasteiger partial charge in [0.1, 0.15) is 5.82 Å².